The van der Waals surface area contributed by atoms with E-state index in [0.717, 1.165) is 6.39 Å². The van der Waals surface area contributed by atoms with Crippen LogP contribution < -0.4 is 0 Å². The van der Waals surface area contributed by atoms with Gasteiger partial charge in [0.05, 0.1) is 0 Å². The first-order chi connectivity index (χ1) is 4.34. The summed E-state index contributed by atoms with van der Waals surface area (Å²) in [7, 11) is 0. The summed E-state index contributed by atoms with van der Waals surface area (Å²) < 4.78 is 4.29. The average molecular weight is 148 g/mol. The molecule has 0 amide bonds. The second kappa shape index (κ2) is 2.54. The van der Waals surface area contributed by atoms with E-state index in [2.05, 4.69) is 19.8 Å². The highest BCUT2D eigenvalue weighted by atomic mass is 35.5. The van der Waals surface area contributed by atoms with Crippen molar-refractivity contribution in [2.24, 2.45) is 5.18 Å². The van der Waals surface area contributed by atoms with Gasteiger partial charge in [-0.15, -0.1) is 4.91 Å². The molecule has 0 aliphatic rings. The summed E-state index contributed by atoms with van der Waals surface area (Å²) >= 11 is 5.27. The van der Waals surface area contributed by atoms with Crippen molar-refractivity contribution >= 4 is 11.6 Å². The highest BCUT2D eigenvalue weighted by molar-refractivity contribution is 6.20. The van der Waals surface area contributed by atoms with Gasteiger partial charge in [-0.1, -0.05) is 16.8 Å². The van der Waals surface area contributed by atoms with Crippen molar-refractivity contribution in [3.05, 3.63) is 17.1 Å². The van der Waals surface area contributed by atoms with Crippen LogP contribution in [0.15, 0.2) is 16.1 Å². The standard InChI is InChI=1S/C3H2ClN3O2/c4-2(6-8)3-5-1-9-7-3/h1-2H. The normalized spacial score (nSPS) is 13.0. The molecule has 48 valence electrons. The smallest absolute Gasteiger partial charge is 0.227 e. The number of hydrogen-bond acceptors (Lipinski definition) is 5. The number of hydrogen-bond donors (Lipinski definition) is 0. The van der Waals surface area contributed by atoms with Crippen LogP contribution >= 0.6 is 11.6 Å². The molecule has 1 atom stereocenters. The summed E-state index contributed by atoms with van der Waals surface area (Å²) in [5, 5.41) is 5.74. The Balaban J connectivity index is 2.76. The van der Waals surface area contributed by atoms with Crippen molar-refractivity contribution in [1.29, 1.82) is 0 Å². The second-order valence-electron chi connectivity index (χ2n) is 1.23. The number of nitroso groups, excluding NO2 is 1. The minimum absolute atomic E-state index is 0.0895. The van der Waals surface area contributed by atoms with Crippen LogP contribution in [0.2, 0.25) is 0 Å². The van der Waals surface area contributed by atoms with E-state index < -0.39 is 5.50 Å². The summed E-state index contributed by atoms with van der Waals surface area (Å²) in [5.74, 6) is 0.0895. The maximum atomic E-state index is 9.70. The third kappa shape index (κ3) is 1.23. The van der Waals surface area contributed by atoms with Gasteiger partial charge in [-0.05, 0) is 5.18 Å². The van der Waals surface area contributed by atoms with Crippen LogP contribution in [0, 0.1) is 4.91 Å². The molecule has 0 bridgehead atoms. The largest absolute Gasteiger partial charge is 0.343 e. The third-order valence-corrected chi connectivity index (χ3v) is 0.959. The number of aromatic nitrogens is 2. The molecule has 1 unspecified atom stereocenters. The third-order valence-electron chi connectivity index (χ3n) is 0.684. The van der Waals surface area contributed by atoms with Gasteiger partial charge in [0.2, 0.25) is 17.7 Å². The maximum absolute atomic E-state index is 9.70. The monoisotopic (exact) mass is 147 g/mol. The minimum atomic E-state index is -1.04. The number of halogens is 1. The predicted molar refractivity (Wildman–Crippen MR) is 28.7 cm³/mol. The Bertz CT molecular complexity index is 187. The number of alkyl halides is 1. The molecule has 1 rings (SSSR count). The van der Waals surface area contributed by atoms with E-state index in [1.807, 2.05) is 0 Å². The van der Waals surface area contributed by atoms with Gasteiger partial charge in [0.25, 0.3) is 0 Å². The first kappa shape index (κ1) is 6.15. The number of rotatable bonds is 2. The highest BCUT2D eigenvalue weighted by Crippen LogP contribution is 2.15. The molecule has 9 heavy (non-hydrogen) atoms. The average Bonchev–Trinajstić information content (AvgIpc) is 2.37. The molecule has 0 radical (unpaired) electrons. The molecule has 0 fully saturated rings. The zero-order chi connectivity index (χ0) is 6.69. The summed E-state index contributed by atoms with van der Waals surface area (Å²) in [5.41, 5.74) is -1.04. The molecular weight excluding hydrogens is 146 g/mol. The molecule has 1 aromatic heterocycles. The molecule has 0 saturated heterocycles. The van der Waals surface area contributed by atoms with Gasteiger partial charge >= 0.3 is 0 Å². The van der Waals surface area contributed by atoms with Crippen LogP contribution in [0.3, 0.4) is 0 Å². The van der Waals surface area contributed by atoms with Crippen molar-refractivity contribution in [2.75, 3.05) is 0 Å². The maximum Gasteiger partial charge on any atom is 0.227 e. The summed E-state index contributed by atoms with van der Waals surface area (Å²) in [6, 6.07) is 0. The molecule has 0 saturated carbocycles. The van der Waals surface area contributed by atoms with Crippen LogP contribution in [0.5, 0.6) is 0 Å². The molecule has 0 aromatic carbocycles. The molecule has 6 heteroatoms. The van der Waals surface area contributed by atoms with Gasteiger partial charge in [0.1, 0.15) is 0 Å². The van der Waals surface area contributed by atoms with E-state index in [1.165, 1.54) is 0 Å². The second-order valence-corrected chi connectivity index (χ2v) is 1.64. The van der Waals surface area contributed by atoms with Crippen molar-refractivity contribution in [3.8, 4) is 0 Å². The van der Waals surface area contributed by atoms with Gasteiger partial charge in [0.15, 0.2) is 0 Å². The van der Waals surface area contributed by atoms with Crippen molar-refractivity contribution in [1.82, 2.24) is 10.1 Å². The quantitative estimate of drug-likeness (QED) is 0.357. The van der Waals surface area contributed by atoms with Crippen molar-refractivity contribution in [2.45, 2.75) is 5.50 Å². The molecule has 5 nitrogen and oxygen atoms in total. The molecule has 0 aliphatic heterocycles. The lowest BCUT2D eigenvalue weighted by Crippen LogP contribution is -1.86. The Morgan fingerprint density at radius 1 is 1.89 bits per heavy atom. The van der Waals surface area contributed by atoms with E-state index >= 15 is 0 Å². The van der Waals surface area contributed by atoms with Gasteiger partial charge in [0, 0.05) is 0 Å². The molecule has 0 spiro atoms. The first-order valence-electron chi connectivity index (χ1n) is 2.07. The Morgan fingerprint density at radius 2 is 2.67 bits per heavy atom. The topological polar surface area (TPSA) is 68.3 Å². The molecular formula is C3H2ClN3O2. The fourth-order valence-electron chi connectivity index (χ4n) is 0.331. The summed E-state index contributed by atoms with van der Waals surface area (Å²) in [6.45, 7) is 0. The fraction of sp³-hybridized carbons (Fsp3) is 0.333. The van der Waals surface area contributed by atoms with Crippen LogP contribution in [-0.2, 0) is 0 Å². The van der Waals surface area contributed by atoms with Gasteiger partial charge in [-0.25, -0.2) is 0 Å². The van der Waals surface area contributed by atoms with Gasteiger partial charge < -0.3 is 4.52 Å². The minimum Gasteiger partial charge on any atom is -0.343 e. The Labute approximate surface area is 55.0 Å². The Hall–Kier alpha value is -0.970. The van der Waals surface area contributed by atoms with E-state index in [9.17, 15) is 4.91 Å². The molecule has 1 heterocycles. The Kier molecular flexibility index (Phi) is 1.74. The SMILES string of the molecule is O=NC(Cl)c1ncon1. The van der Waals surface area contributed by atoms with Crippen molar-refractivity contribution in [3.63, 3.8) is 0 Å². The number of nitrogens with zero attached hydrogens (tertiary/aromatic N) is 3. The summed E-state index contributed by atoms with van der Waals surface area (Å²) in [4.78, 5) is 13.2. The summed E-state index contributed by atoms with van der Waals surface area (Å²) in [6.07, 6.45) is 1.08. The van der Waals surface area contributed by atoms with Gasteiger partial charge in [-0.2, -0.15) is 4.98 Å². The van der Waals surface area contributed by atoms with E-state index in [4.69, 9.17) is 11.6 Å². The van der Waals surface area contributed by atoms with Crippen LogP contribution in [0.1, 0.15) is 11.3 Å². The lowest BCUT2D eigenvalue weighted by molar-refractivity contribution is 0.409. The van der Waals surface area contributed by atoms with Crippen molar-refractivity contribution < 1.29 is 4.52 Å². The predicted octanol–water partition coefficient (Wildman–Crippen LogP) is 1.07. The first-order valence-corrected chi connectivity index (χ1v) is 2.51. The van der Waals surface area contributed by atoms with Crippen LogP contribution in [-0.4, -0.2) is 10.1 Å². The Morgan fingerprint density at radius 3 is 3.11 bits per heavy atom. The molecule has 0 aliphatic carbocycles. The fourth-order valence-corrected chi connectivity index (χ4v) is 0.427. The van der Waals surface area contributed by atoms with E-state index in [1.54, 1.807) is 0 Å². The molecule has 1 aromatic rings. The lowest BCUT2D eigenvalue weighted by Gasteiger charge is -1.85. The lowest BCUT2D eigenvalue weighted by atomic mass is 10.6. The zero-order valence-electron chi connectivity index (χ0n) is 4.19. The zero-order valence-corrected chi connectivity index (χ0v) is 4.95. The highest BCUT2D eigenvalue weighted by Gasteiger charge is 2.11. The molecule has 0 N–H and O–H groups in total. The van der Waals surface area contributed by atoms with E-state index in [0.29, 0.717) is 0 Å². The van der Waals surface area contributed by atoms with E-state index in [-0.39, 0.29) is 5.82 Å². The van der Waals surface area contributed by atoms with Crippen LogP contribution in [0.4, 0.5) is 0 Å². The van der Waals surface area contributed by atoms with Crippen LogP contribution in [0.25, 0.3) is 0 Å². The van der Waals surface area contributed by atoms with Gasteiger partial charge in [-0.3, -0.25) is 0 Å².